The molecule has 0 aliphatic carbocycles. The van der Waals surface area contributed by atoms with Crippen molar-refractivity contribution in [3.63, 3.8) is 0 Å². The molecule has 27 heavy (non-hydrogen) atoms. The first kappa shape index (κ1) is 19.0. The van der Waals surface area contributed by atoms with Crippen LogP contribution in [-0.4, -0.2) is 33.3 Å². The molecule has 3 N–H and O–H groups in total. The highest BCUT2D eigenvalue weighted by molar-refractivity contribution is 5.76. The molecule has 0 saturated heterocycles. The van der Waals surface area contributed by atoms with Gasteiger partial charge in [0.15, 0.2) is 0 Å². The lowest BCUT2D eigenvalue weighted by Crippen LogP contribution is -2.34. The predicted molar refractivity (Wildman–Crippen MR) is 108 cm³/mol. The second-order valence-electron chi connectivity index (χ2n) is 6.84. The first-order chi connectivity index (χ1) is 13.0. The van der Waals surface area contributed by atoms with E-state index >= 15 is 0 Å². The molecule has 0 saturated carbocycles. The molecule has 0 spiro atoms. The van der Waals surface area contributed by atoms with Gasteiger partial charge in [0, 0.05) is 29.3 Å². The summed E-state index contributed by atoms with van der Waals surface area (Å²) >= 11 is 0. The first-order valence-electron chi connectivity index (χ1n) is 9.01. The van der Waals surface area contributed by atoms with Crippen LogP contribution in [0.4, 0.5) is 0 Å². The Morgan fingerprint density at radius 1 is 0.815 bits per heavy atom. The van der Waals surface area contributed by atoms with Crippen LogP contribution in [0.2, 0.25) is 0 Å². The van der Waals surface area contributed by atoms with E-state index in [9.17, 15) is 15.3 Å². The summed E-state index contributed by atoms with van der Waals surface area (Å²) in [5.41, 5.74) is 2.79. The molecule has 3 aromatic rings. The molecule has 0 unspecified atom stereocenters. The minimum atomic E-state index is -0.625. The standard InChI is InChI=1S/C23H25NO3/c1-16(22(26)17-9-4-3-5-10-17)24(2)15-18-11-8-13-20(23(18)27)19-12-6-7-14-21(19)25/h3-14,16,22,25-27H,15H2,1-2H3/t16-,22-/m0/s1. The minimum Gasteiger partial charge on any atom is -0.507 e. The third-order valence-electron chi connectivity index (χ3n) is 5.03. The molecule has 140 valence electrons. The molecule has 4 nitrogen and oxygen atoms in total. The van der Waals surface area contributed by atoms with Crippen LogP contribution < -0.4 is 0 Å². The average molecular weight is 363 g/mol. The van der Waals surface area contributed by atoms with Crippen molar-refractivity contribution in [1.29, 1.82) is 0 Å². The summed E-state index contributed by atoms with van der Waals surface area (Å²) in [6, 6.07) is 21.9. The maximum atomic E-state index is 10.8. The van der Waals surface area contributed by atoms with E-state index in [2.05, 4.69) is 0 Å². The lowest BCUT2D eigenvalue weighted by Gasteiger charge is -2.29. The van der Waals surface area contributed by atoms with Gasteiger partial charge in [0.25, 0.3) is 0 Å². The second kappa shape index (κ2) is 8.25. The summed E-state index contributed by atoms with van der Waals surface area (Å²) in [7, 11) is 1.92. The zero-order chi connectivity index (χ0) is 19.4. The summed E-state index contributed by atoms with van der Waals surface area (Å²) in [6.45, 7) is 2.43. The minimum absolute atomic E-state index is 0.131. The van der Waals surface area contributed by atoms with Gasteiger partial charge in [-0.05, 0) is 25.6 Å². The molecule has 0 fully saturated rings. The third kappa shape index (κ3) is 4.13. The number of aromatic hydroxyl groups is 2. The SMILES string of the molecule is C[C@@H]([C@H](O)c1ccccc1)N(C)Cc1cccc(-c2ccccc2O)c1O. The molecule has 4 heteroatoms. The summed E-state index contributed by atoms with van der Waals surface area (Å²) in [6.07, 6.45) is -0.625. The van der Waals surface area contributed by atoms with Crippen molar-refractivity contribution in [2.24, 2.45) is 0 Å². The maximum Gasteiger partial charge on any atom is 0.128 e. The van der Waals surface area contributed by atoms with Crippen molar-refractivity contribution in [1.82, 2.24) is 4.90 Å². The number of nitrogens with zero attached hydrogens (tertiary/aromatic N) is 1. The number of likely N-dealkylation sites (N-methyl/N-ethyl adjacent to an activating group) is 1. The van der Waals surface area contributed by atoms with Crippen LogP contribution in [0.3, 0.4) is 0 Å². The Morgan fingerprint density at radius 2 is 1.44 bits per heavy atom. The fourth-order valence-corrected chi connectivity index (χ4v) is 3.22. The van der Waals surface area contributed by atoms with Gasteiger partial charge in [0.05, 0.1) is 6.10 Å². The Morgan fingerprint density at radius 3 is 2.15 bits per heavy atom. The molecule has 3 aromatic carbocycles. The van der Waals surface area contributed by atoms with Crippen LogP contribution >= 0.6 is 0 Å². The largest absolute Gasteiger partial charge is 0.507 e. The third-order valence-corrected chi connectivity index (χ3v) is 5.03. The van der Waals surface area contributed by atoms with E-state index in [1.807, 2.05) is 67.4 Å². The molecular weight excluding hydrogens is 338 g/mol. The molecule has 0 bridgehead atoms. The van der Waals surface area contributed by atoms with Crippen molar-refractivity contribution >= 4 is 0 Å². The van der Waals surface area contributed by atoms with Crippen molar-refractivity contribution in [3.8, 4) is 22.6 Å². The highest BCUT2D eigenvalue weighted by Crippen LogP contribution is 2.37. The van der Waals surface area contributed by atoms with Crippen LogP contribution in [-0.2, 0) is 6.54 Å². The van der Waals surface area contributed by atoms with Crippen LogP contribution in [0.25, 0.3) is 11.1 Å². The van der Waals surface area contributed by atoms with Gasteiger partial charge >= 0.3 is 0 Å². The van der Waals surface area contributed by atoms with Crippen LogP contribution in [0.15, 0.2) is 72.8 Å². The van der Waals surface area contributed by atoms with Gasteiger partial charge in [-0.2, -0.15) is 0 Å². The number of benzene rings is 3. The number of para-hydroxylation sites is 2. The number of rotatable bonds is 6. The normalized spacial score (nSPS) is 13.5. The van der Waals surface area contributed by atoms with Gasteiger partial charge in [0.2, 0.25) is 0 Å². The summed E-state index contributed by atoms with van der Waals surface area (Å²) < 4.78 is 0. The summed E-state index contributed by atoms with van der Waals surface area (Å²) in [5, 5.41) is 31.5. The number of aliphatic hydroxyl groups excluding tert-OH is 1. The monoisotopic (exact) mass is 363 g/mol. The van der Waals surface area contributed by atoms with E-state index in [1.165, 1.54) is 0 Å². The quantitative estimate of drug-likeness (QED) is 0.610. The molecule has 2 atom stereocenters. The topological polar surface area (TPSA) is 63.9 Å². The van der Waals surface area contributed by atoms with Gasteiger partial charge in [-0.3, -0.25) is 4.90 Å². The van der Waals surface area contributed by atoms with Gasteiger partial charge in [0.1, 0.15) is 11.5 Å². The van der Waals surface area contributed by atoms with Gasteiger partial charge < -0.3 is 15.3 Å². The van der Waals surface area contributed by atoms with Crippen molar-refractivity contribution in [3.05, 3.63) is 83.9 Å². The Balaban J connectivity index is 1.81. The number of aliphatic hydroxyl groups is 1. The smallest absolute Gasteiger partial charge is 0.128 e. The maximum absolute atomic E-state index is 10.8. The van der Waals surface area contributed by atoms with E-state index in [1.54, 1.807) is 24.3 Å². The molecule has 0 radical (unpaired) electrons. The number of hydrogen-bond donors (Lipinski definition) is 3. The van der Waals surface area contributed by atoms with Crippen molar-refractivity contribution in [2.75, 3.05) is 7.05 Å². The Bertz CT molecular complexity index is 895. The van der Waals surface area contributed by atoms with E-state index in [-0.39, 0.29) is 17.5 Å². The molecule has 0 heterocycles. The predicted octanol–water partition coefficient (Wildman–Crippen LogP) is 4.32. The van der Waals surface area contributed by atoms with Gasteiger partial charge in [-0.25, -0.2) is 0 Å². The average Bonchev–Trinajstić information content (AvgIpc) is 2.69. The van der Waals surface area contributed by atoms with Crippen LogP contribution in [0.1, 0.15) is 24.2 Å². The van der Waals surface area contributed by atoms with E-state index in [0.29, 0.717) is 17.7 Å². The zero-order valence-electron chi connectivity index (χ0n) is 15.6. The second-order valence-corrected chi connectivity index (χ2v) is 6.84. The molecule has 0 aliphatic heterocycles. The van der Waals surface area contributed by atoms with E-state index in [4.69, 9.17) is 0 Å². The highest BCUT2D eigenvalue weighted by atomic mass is 16.3. The van der Waals surface area contributed by atoms with Crippen molar-refractivity contribution < 1.29 is 15.3 Å². The van der Waals surface area contributed by atoms with Gasteiger partial charge in [-0.15, -0.1) is 0 Å². The number of phenols is 2. The molecule has 3 rings (SSSR count). The van der Waals surface area contributed by atoms with Gasteiger partial charge in [-0.1, -0.05) is 66.7 Å². The summed E-state index contributed by atoms with van der Waals surface area (Å²) in [4.78, 5) is 2.00. The molecule has 0 amide bonds. The lowest BCUT2D eigenvalue weighted by molar-refractivity contribution is 0.0684. The molecule has 0 aromatic heterocycles. The Hall–Kier alpha value is -2.82. The fourth-order valence-electron chi connectivity index (χ4n) is 3.22. The van der Waals surface area contributed by atoms with Crippen LogP contribution in [0, 0.1) is 0 Å². The van der Waals surface area contributed by atoms with E-state index < -0.39 is 6.10 Å². The zero-order valence-corrected chi connectivity index (χ0v) is 15.6. The number of hydrogen-bond acceptors (Lipinski definition) is 4. The molecule has 0 aliphatic rings. The lowest BCUT2D eigenvalue weighted by atomic mass is 9.99. The number of phenolic OH excluding ortho intramolecular Hbond substituents is 2. The first-order valence-corrected chi connectivity index (χ1v) is 9.01. The van der Waals surface area contributed by atoms with Crippen LogP contribution in [0.5, 0.6) is 11.5 Å². The Kier molecular flexibility index (Phi) is 5.79. The molecular formula is C23H25NO3. The Labute approximate surface area is 160 Å². The van der Waals surface area contributed by atoms with E-state index in [0.717, 1.165) is 11.1 Å². The van der Waals surface area contributed by atoms with Crippen molar-refractivity contribution in [2.45, 2.75) is 25.6 Å². The summed E-state index contributed by atoms with van der Waals surface area (Å²) in [5.74, 6) is 0.276. The fraction of sp³-hybridized carbons (Fsp3) is 0.217. The highest BCUT2D eigenvalue weighted by Gasteiger charge is 2.22.